The summed E-state index contributed by atoms with van der Waals surface area (Å²) in [6.07, 6.45) is 0.195. The summed E-state index contributed by atoms with van der Waals surface area (Å²) in [5, 5.41) is 0. The molecule has 0 aliphatic carbocycles. The van der Waals surface area contributed by atoms with E-state index in [1.54, 1.807) is 13.8 Å². The van der Waals surface area contributed by atoms with Gasteiger partial charge in [-0.15, -0.1) is 0 Å². The summed E-state index contributed by atoms with van der Waals surface area (Å²) in [5.41, 5.74) is 0. The van der Waals surface area contributed by atoms with E-state index in [-0.39, 0.29) is 27.9 Å². The zero-order chi connectivity index (χ0) is 6.62. The van der Waals surface area contributed by atoms with Crippen LogP contribution in [0, 0.1) is 0 Å². The third kappa shape index (κ3) is 6.75. The van der Waals surface area contributed by atoms with Gasteiger partial charge in [0.15, 0.2) is 0 Å². The second kappa shape index (κ2) is 5.63. The molecule has 0 aromatic rings. The van der Waals surface area contributed by atoms with Crippen molar-refractivity contribution >= 4 is 7.60 Å². The van der Waals surface area contributed by atoms with Crippen LogP contribution in [-0.4, -0.2) is 17.7 Å². The topological polar surface area (TPSA) is 46.5 Å². The molecule has 0 aromatic heterocycles. The molecule has 1 N–H and O–H groups in total. The molecule has 0 heterocycles. The standard InChI is InChI=1S/C4H11O3P.Ti/c1-3-7-8(5,6)4-2;/h3-4H2,1-2H3,(H,5,6);. The molecule has 0 aliphatic rings. The molecule has 0 radical (unpaired) electrons. The van der Waals surface area contributed by atoms with Gasteiger partial charge in [0.2, 0.25) is 0 Å². The molecule has 54 valence electrons. The molecule has 0 amide bonds. The van der Waals surface area contributed by atoms with E-state index in [9.17, 15) is 4.57 Å². The molecule has 0 aromatic carbocycles. The largest absolute Gasteiger partial charge is 0.327 e. The average molecular weight is 186 g/mol. The summed E-state index contributed by atoms with van der Waals surface area (Å²) in [6, 6.07) is 0. The normalized spacial score (nSPS) is 15.9. The van der Waals surface area contributed by atoms with Gasteiger partial charge in [0, 0.05) is 27.9 Å². The Morgan fingerprint density at radius 2 is 2.00 bits per heavy atom. The Balaban J connectivity index is 0. The number of rotatable bonds is 3. The second-order valence-electron chi connectivity index (χ2n) is 1.37. The zero-order valence-corrected chi connectivity index (χ0v) is 8.08. The van der Waals surface area contributed by atoms with Crippen LogP contribution in [0.3, 0.4) is 0 Å². The Hall–Kier alpha value is 0.864. The first-order chi connectivity index (χ1) is 3.62. The molecule has 0 aliphatic heterocycles. The quantitative estimate of drug-likeness (QED) is 0.532. The summed E-state index contributed by atoms with van der Waals surface area (Å²) in [4.78, 5) is 8.66. The van der Waals surface area contributed by atoms with Crippen LogP contribution in [0.5, 0.6) is 0 Å². The zero-order valence-electron chi connectivity index (χ0n) is 5.63. The van der Waals surface area contributed by atoms with Gasteiger partial charge in [-0.25, -0.2) is 0 Å². The minimum absolute atomic E-state index is 0. The molecule has 1 atom stereocenters. The first-order valence-electron chi connectivity index (χ1n) is 2.58. The first-order valence-corrected chi connectivity index (χ1v) is 4.35. The Morgan fingerprint density at radius 1 is 1.56 bits per heavy atom. The third-order valence-corrected chi connectivity index (χ3v) is 2.19. The van der Waals surface area contributed by atoms with Crippen LogP contribution in [0.1, 0.15) is 13.8 Å². The second-order valence-corrected chi connectivity index (χ2v) is 3.54. The van der Waals surface area contributed by atoms with Crippen LogP contribution in [-0.2, 0) is 30.8 Å². The van der Waals surface area contributed by atoms with Gasteiger partial charge < -0.3 is 9.42 Å². The number of hydrogen-bond donors (Lipinski definition) is 1. The SMILES string of the molecule is CCOP(=O)(O)CC.[Ti]. The average Bonchev–Trinajstić information content (AvgIpc) is 1.67. The molecule has 1 unspecified atom stereocenters. The van der Waals surface area contributed by atoms with E-state index in [4.69, 9.17) is 4.89 Å². The molecule has 0 saturated heterocycles. The summed E-state index contributed by atoms with van der Waals surface area (Å²) < 4.78 is 15.0. The van der Waals surface area contributed by atoms with Crippen molar-refractivity contribution in [3.8, 4) is 0 Å². The molecular formula is C4H11O3PTi. The predicted molar refractivity (Wildman–Crippen MR) is 32.0 cm³/mol. The van der Waals surface area contributed by atoms with Gasteiger partial charge in [0.25, 0.3) is 0 Å². The van der Waals surface area contributed by atoms with Crippen molar-refractivity contribution in [1.82, 2.24) is 0 Å². The van der Waals surface area contributed by atoms with Crippen LogP contribution in [0.25, 0.3) is 0 Å². The Bertz CT molecular complexity index is 106. The Labute approximate surface area is 70.2 Å². The maximum atomic E-state index is 10.5. The fraction of sp³-hybridized carbons (Fsp3) is 1.00. The van der Waals surface area contributed by atoms with Gasteiger partial charge in [-0.1, -0.05) is 6.92 Å². The van der Waals surface area contributed by atoms with Crippen LogP contribution >= 0.6 is 7.60 Å². The van der Waals surface area contributed by atoms with Gasteiger partial charge in [-0.2, -0.15) is 0 Å². The molecule has 9 heavy (non-hydrogen) atoms. The van der Waals surface area contributed by atoms with E-state index in [0.717, 1.165) is 0 Å². The van der Waals surface area contributed by atoms with Gasteiger partial charge in [0.05, 0.1) is 6.61 Å². The summed E-state index contributed by atoms with van der Waals surface area (Å²) in [7, 11) is -3.17. The van der Waals surface area contributed by atoms with Gasteiger partial charge in [-0.3, -0.25) is 4.57 Å². The Morgan fingerprint density at radius 3 is 2.11 bits per heavy atom. The summed E-state index contributed by atoms with van der Waals surface area (Å²) in [6.45, 7) is 3.62. The van der Waals surface area contributed by atoms with Crippen LogP contribution in [0.4, 0.5) is 0 Å². The van der Waals surface area contributed by atoms with Crippen LogP contribution in [0.15, 0.2) is 0 Å². The third-order valence-electron chi connectivity index (χ3n) is 0.730. The van der Waals surface area contributed by atoms with Crippen LogP contribution in [0.2, 0.25) is 0 Å². The molecule has 0 spiro atoms. The molecule has 3 nitrogen and oxygen atoms in total. The van der Waals surface area contributed by atoms with Gasteiger partial charge in [0.1, 0.15) is 0 Å². The van der Waals surface area contributed by atoms with Crippen molar-refractivity contribution in [3.05, 3.63) is 0 Å². The minimum Gasteiger partial charge on any atom is -0.324 e. The fourth-order valence-electron chi connectivity index (χ4n) is 0.293. The van der Waals surface area contributed by atoms with Crippen molar-refractivity contribution in [1.29, 1.82) is 0 Å². The monoisotopic (exact) mass is 186 g/mol. The smallest absolute Gasteiger partial charge is 0.324 e. The van der Waals surface area contributed by atoms with Crippen molar-refractivity contribution in [2.45, 2.75) is 13.8 Å². The molecule has 0 rings (SSSR count). The fourth-order valence-corrected chi connectivity index (χ4v) is 0.879. The van der Waals surface area contributed by atoms with Crippen molar-refractivity contribution in [3.63, 3.8) is 0 Å². The van der Waals surface area contributed by atoms with E-state index >= 15 is 0 Å². The van der Waals surface area contributed by atoms with E-state index in [2.05, 4.69) is 4.52 Å². The van der Waals surface area contributed by atoms with E-state index in [1.807, 2.05) is 0 Å². The molecule has 0 saturated carbocycles. The van der Waals surface area contributed by atoms with Crippen molar-refractivity contribution < 1.29 is 35.7 Å². The molecule has 5 heteroatoms. The van der Waals surface area contributed by atoms with E-state index in [1.165, 1.54) is 0 Å². The minimum atomic E-state index is -3.17. The summed E-state index contributed by atoms with van der Waals surface area (Å²) in [5.74, 6) is 0. The molecule has 0 fully saturated rings. The summed E-state index contributed by atoms with van der Waals surface area (Å²) >= 11 is 0. The van der Waals surface area contributed by atoms with Gasteiger partial charge >= 0.3 is 7.60 Å². The molecule has 0 bridgehead atoms. The van der Waals surface area contributed by atoms with Crippen molar-refractivity contribution in [2.24, 2.45) is 0 Å². The maximum Gasteiger partial charge on any atom is 0.327 e. The predicted octanol–water partition coefficient (Wildman–Crippen LogP) is 1.23. The molecular weight excluding hydrogens is 175 g/mol. The first kappa shape index (κ1) is 12.5. The van der Waals surface area contributed by atoms with E-state index in [0.29, 0.717) is 6.61 Å². The van der Waals surface area contributed by atoms with Gasteiger partial charge in [-0.05, 0) is 6.92 Å². The number of hydrogen-bond acceptors (Lipinski definition) is 2. The van der Waals surface area contributed by atoms with E-state index < -0.39 is 7.60 Å². The Kier molecular flexibility index (Phi) is 7.85. The van der Waals surface area contributed by atoms with Crippen molar-refractivity contribution in [2.75, 3.05) is 12.8 Å². The van der Waals surface area contributed by atoms with Crippen LogP contribution < -0.4 is 0 Å². The maximum absolute atomic E-state index is 10.5.